The normalized spacial score (nSPS) is 12.2. The van der Waals surface area contributed by atoms with Crippen LogP contribution in [0.1, 0.15) is 21.6 Å². The van der Waals surface area contributed by atoms with Gasteiger partial charge in [0.2, 0.25) is 0 Å². The Hall–Kier alpha value is -3.20. The average molecular weight is 433 g/mol. The van der Waals surface area contributed by atoms with E-state index >= 15 is 0 Å². The summed E-state index contributed by atoms with van der Waals surface area (Å²) >= 11 is 3.61. The van der Waals surface area contributed by atoms with Gasteiger partial charge in [0.15, 0.2) is 0 Å². The number of fused-ring (bicyclic) bond motifs is 4. The Morgan fingerprint density at radius 2 is 1.42 bits per heavy atom. The fourth-order valence-electron chi connectivity index (χ4n) is 4.26. The highest BCUT2D eigenvalue weighted by atomic mass is 32.1. The maximum atomic E-state index is 2.37. The standard InChI is InChI=1S/C29H20S2/c1-19-6-8-21(9-7-19)26(23-11-10-20-4-2-3-5-22(20)14-23)15-29-25-13-12-24-16-30-17-27(24)28(25)18-31-29/h2-18H,1H3/b26-15-. The highest BCUT2D eigenvalue weighted by molar-refractivity contribution is 7.13. The van der Waals surface area contributed by atoms with Gasteiger partial charge in [-0.2, -0.15) is 11.3 Å². The van der Waals surface area contributed by atoms with Crippen molar-refractivity contribution in [1.82, 2.24) is 0 Å². The summed E-state index contributed by atoms with van der Waals surface area (Å²) in [5.41, 5.74) is 5.04. The average Bonchev–Trinajstić information content (AvgIpc) is 3.44. The Bertz CT molecular complexity index is 1580. The summed E-state index contributed by atoms with van der Waals surface area (Å²) in [5.74, 6) is 0. The molecule has 6 aromatic rings. The molecular formula is C29H20S2. The second kappa shape index (κ2) is 7.49. The Labute approximate surface area is 189 Å². The first-order chi connectivity index (χ1) is 15.3. The van der Waals surface area contributed by atoms with Crippen LogP contribution < -0.4 is 0 Å². The van der Waals surface area contributed by atoms with E-state index < -0.39 is 0 Å². The third-order valence-corrected chi connectivity index (χ3v) is 7.68. The fraction of sp³-hybridized carbons (Fsp3) is 0.0345. The smallest absolute Gasteiger partial charge is 0.0355 e. The summed E-state index contributed by atoms with van der Waals surface area (Å²) in [5, 5.41) is 14.7. The molecule has 0 saturated carbocycles. The lowest BCUT2D eigenvalue weighted by Crippen LogP contribution is -1.89. The fourth-order valence-corrected chi connectivity index (χ4v) is 6.07. The van der Waals surface area contributed by atoms with E-state index in [9.17, 15) is 0 Å². The van der Waals surface area contributed by atoms with Crippen molar-refractivity contribution in [3.63, 3.8) is 0 Å². The van der Waals surface area contributed by atoms with Crippen LogP contribution >= 0.6 is 22.7 Å². The molecule has 0 bridgehead atoms. The quantitative estimate of drug-likeness (QED) is 0.261. The lowest BCUT2D eigenvalue weighted by molar-refractivity contribution is 1.45. The lowest BCUT2D eigenvalue weighted by Gasteiger charge is -2.11. The van der Waals surface area contributed by atoms with Crippen molar-refractivity contribution in [3.8, 4) is 0 Å². The van der Waals surface area contributed by atoms with Gasteiger partial charge in [0.25, 0.3) is 0 Å². The molecule has 6 rings (SSSR count). The second-order valence-electron chi connectivity index (χ2n) is 7.99. The van der Waals surface area contributed by atoms with Gasteiger partial charge in [0.1, 0.15) is 0 Å². The third-order valence-electron chi connectivity index (χ3n) is 5.97. The topological polar surface area (TPSA) is 0 Å². The molecule has 0 unspecified atom stereocenters. The van der Waals surface area contributed by atoms with Gasteiger partial charge >= 0.3 is 0 Å². The van der Waals surface area contributed by atoms with E-state index in [1.807, 2.05) is 11.3 Å². The van der Waals surface area contributed by atoms with Crippen LogP contribution in [-0.2, 0) is 0 Å². The van der Waals surface area contributed by atoms with E-state index in [1.54, 1.807) is 11.3 Å². The molecule has 0 radical (unpaired) electrons. The minimum Gasteiger partial charge on any atom is -0.151 e. The van der Waals surface area contributed by atoms with E-state index in [0.717, 1.165) is 0 Å². The highest BCUT2D eigenvalue weighted by Gasteiger charge is 2.11. The van der Waals surface area contributed by atoms with Crippen molar-refractivity contribution >= 4 is 66.6 Å². The number of hydrogen-bond acceptors (Lipinski definition) is 2. The highest BCUT2D eigenvalue weighted by Crippen LogP contribution is 2.37. The van der Waals surface area contributed by atoms with Crippen LogP contribution in [-0.4, -0.2) is 0 Å². The predicted octanol–water partition coefficient (Wildman–Crippen LogP) is 9.17. The van der Waals surface area contributed by atoms with Crippen molar-refractivity contribution in [2.75, 3.05) is 0 Å². The van der Waals surface area contributed by atoms with Crippen LogP contribution in [0, 0.1) is 6.92 Å². The second-order valence-corrected chi connectivity index (χ2v) is 9.64. The minimum absolute atomic E-state index is 1.25. The van der Waals surface area contributed by atoms with Crippen molar-refractivity contribution in [1.29, 1.82) is 0 Å². The molecule has 0 fully saturated rings. The predicted molar refractivity (Wildman–Crippen MR) is 139 cm³/mol. The summed E-state index contributed by atoms with van der Waals surface area (Å²) in [6, 6.07) is 28.8. The van der Waals surface area contributed by atoms with Gasteiger partial charge in [0, 0.05) is 21.0 Å². The zero-order chi connectivity index (χ0) is 20.8. The molecule has 0 spiro atoms. The molecule has 2 aromatic heterocycles. The molecule has 0 amide bonds. The van der Waals surface area contributed by atoms with Crippen LogP contribution in [0.5, 0.6) is 0 Å². The minimum atomic E-state index is 1.25. The summed E-state index contributed by atoms with van der Waals surface area (Å²) in [6.45, 7) is 2.14. The molecular weight excluding hydrogens is 412 g/mol. The van der Waals surface area contributed by atoms with Gasteiger partial charge in [-0.3, -0.25) is 0 Å². The van der Waals surface area contributed by atoms with Crippen molar-refractivity contribution in [3.05, 3.63) is 117 Å². The maximum absolute atomic E-state index is 2.37. The Kier molecular flexibility index (Phi) is 4.48. The molecule has 0 N–H and O–H groups in total. The Morgan fingerprint density at radius 3 is 2.29 bits per heavy atom. The molecule has 4 aromatic carbocycles. The molecule has 0 saturated heterocycles. The van der Waals surface area contributed by atoms with Gasteiger partial charge in [-0.05, 0) is 68.1 Å². The number of rotatable bonds is 3. The molecule has 148 valence electrons. The number of hydrogen-bond donors (Lipinski definition) is 0. The number of benzene rings is 4. The summed E-state index contributed by atoms with van der Waals surface area (Å²) in [7, 11) is 0. The maximum Gasteiger partial charge on any atom is 0.0355 e. The van der Waals surface area contributed by atoms with Gasteiger partial charge in [-0.25, -0.2) is 0 Å². The Morgan fingerprint density at radius 1 is 0.645 bits per heavy atom. The van der Waals surface area contributed by atoms with Crippen molar-refractivity contribution in [2.45, 2.75) is 6.92 Å². The van der Waals surface area contributed by atoms with Crippen LogP contribution in [0.3, 0.4) is 0 Å². The molecule has 0 aliphatic carbocycles. The molecule has 2 heterocycles. The first-order valence-electron chi connectivity index (χ1n) is 10.4. The number of thiophene rings is 2. The van der Waals surface area contributed by atoms with Crippen LogP contribution in [0.15, 0.2) is 95.0 Å². The molecule has 2 heteroatoms. The first kappa shape index (κ1) is 18.6. The third kappa shape index (κ3) is 3.29. The van der Waals surface area contributed by atoms with Gasteiger partial charge in [0.05, 0.1) is 0 Å². The summed E-state index contributed by atoms with van der Waals surface area (Å²) < 4.78 is 0. The molecule has 0 aliphatic heterocycles. The largest absolute Gasteiger partial charge is 0.151 e. The van der Waals surface area contributed by atoms with Crippen LogP contribution in [0.25, 0.3) is 44.0 Å². The van der Waals surface area contributed by atoms with E-state index in [1.165, 1.54) is 59.5 Å². The SMILES string of the molecule is Cc1ccc(/C(=C/c2scc3c2ccc2cscc23)c2ccc3ccccc3c2)cc1. The summed E-state index contributed by atoms with van der Waals surface area (Å²) in [6.07, 6.45) is 2.37. The van der Waals surface area contributed by atoms with E-state index in [0.29, 0.717) is 0 Å². The number of aryl methyl sites for hydroxylation is 1. The van der Waals surface area contributed by atoms with Gasteiger partial charge in [-0.1, -0.05) is 78.4 Å². The zero-order valence-electron chi connectivity index (χ0n) is 17.1. The van der Waals surface area contributed by atoms with Crippen LogP contribution in [0.2, 0.25) is 0 Å². The lowest BCUT2D eigenvalue weighted by atomic mass is 9.94. The van der Waals surface area contributed by atoms with E-state index in [2.05, 4.69) is 108 Å². The molecule has 0 atom stereocenters. The van der Waals surface area contributed by atoms with E-state index in [-0.39, 0.29) is 0 Å². The van der Waals surface area contributed by atoms with Crippen molar-refractivity contribution in [2.24, 2.45) is 0 Å². The molecule has 0 nitrogen and oxygen atoms in total. The first-order valence-corrected chi connectivity index (χ1v) is 12.2. The van der Waals surface area contributed by atoms with E-state index in [4.69, 9.17) is 0 Å². The van der Waals surface area contributed by atoms with Gasteiger partial charge in [-0.15, -0.1) is 11.3 Å². The molecule has 0 aliphatic rings. The van der Waals surface area contributed by atoms with Crippen LogP contribution in [0.4, 0.5) is 0 Å². The monoisotopic (exact) mass is 432 g/mol. The van der Waals surface area contributed by atoms with Gasteiger partial charge < -0.3 is 0 Å². The molecule has 31 heavy (non-hydrogen) atoms. The Balaban J connectivity index is 1.58. The van der Waals surface area contributed by atoms with Crippen molar-refractivity contribution < 1.29 is 0 Å². The summed E-state index contributed by atoms with van der Waals surface area (Å²) in [4.78, 5) is 1.31. The zero-order valence-corrected chi connectivity index (χ0v) is 18.8.